The van der Waals surface area contributed by atoms with E-state index in [0.29, 0.717) is 18.7 Å². The van der Waals surface area contributed by atoms with E-state index in [4.69, 9.17) is 4.74 Å². The van der Waals surface area contributed by atoms with Gasteiger partial charge in [0.05, 0.1) is 0 Å². The number of hydrogen-bond donors (Lipinski definition) is 0. The minimum absolute atomic E-state index is 0.218. The van der Waals surface area contributed by atoms with Crippen LogP contribution in [0.25, 0.3) is 0 Å². The lowest BCUT2D eigenvalue weighted by atomic mass is 10.2. The predicted octanol–water partition coefficient (Wildman–Crippen LogP) is 2.43. The number of esters is 1. The number of likely N-dealkylation sites (tertiary alicyclic amines) is 1. The Morgan fingerprint density at radius 2 is 1.91 bits per heavy atom. The highest BCUT2D eigenvalue weighted by Gasteiger charge is 2.36. The monoisotopic (exact) mass is 310 g/mol. The summed E-state index contributed by atoms with van der Waals surface area (Å²) in [5.41, 5.74) is 1.29. The first-order valence-electron chi connectivity index (χ1n) is 7.68. The second kappa shape index (κ2) is 7.05. The summed E-state index contributed by atoms with van der Waals surface area (Å²) < 4.78 is 5.38. The van der Waals surface area contributed by atoms with Gasteiger partial charge in [-0.25, -0.2) is 4.79 Å². The molecular formula is C18H18N2O3. The molecule has 1 aliphatic rings. The van der Waals surface area contributed by atoms with Gasteiger partial charge in [-0.05, 0) is 30.5 Å². The van der Waals surface area contributed by atoms with Crippen LogP contribution in [0.2, 0.25) is 0 Å². The summed E-state index contributed by atoms with van der Waals surface area (Å²) in [5, 5.41) is 0. The zero-order valence-electron chi connectivity index (χ0n) is 12.7. The van der Waals surface area contributed by atoms with Crippen molar-refractivity contribution in [2.75, 3.05) is 6.54 Å². The first-order valence-corrected chi connectivity index (χ1v) is 7.68. The zero-order chi connectivity index (χ0) is 16.1. The van der Waals surface area contributed by atoms with E-state index in [0.717, 1.165) is 12.0 Å². The summed E-state index contributed by atoms with van der Waals surface area (Å²) in [5.74, 6) is -0.569. The maximum atomic E-state index is 12.5. The van der Waals surface area contributed by atoms with Crippen molar-refractivity contribution < 1.29 is 14.3 Å². The predicted molar refractivity (Wildman–Crippen MR) is 84.5 cm³/mol. The number of amides is 1. The molecule has 0 spiro atoms. The standard InChI is InChI=1S/C18H18N2O3/c21-17(15-9-4-5-11-19-15)20-12-6-10-16(20)18(22)23-13-14-7-2-1-3-8-14/h1-5,7-9,11,16H,6,10,12-13H2. The van der Waals surface area contributed by atoms with Crippen LogP contribution < -0.4 is 0 Å². The number of carbonyl (C=O) groups excluding carboxylic acids is 2. The fourth-order valence-corrected chi connectivity index (χ4v) is 2.72. The highest BCUT2D eigenvalue weighted by atomic mass is 16.5. The SMILES string of the molecule is O=C(OCc1ccccc1)C1CCCN1C(=O)c1ccccn1. The average Bonchev–Trinajstić information content (AvgIpc) is 3.10. The molecule has 23 heavy (non-hydrogen) atoms. The van der Waals surface area contributed by atoms with Gasteiger partial charge in [0.1, 0.15) is 18.3 Å². The van der Waals surface area contributed by atoms with Crippen LogP contribution in [0.15, 0.2) is 54.7 Å². The molecule has 118 valence electrons. The summed E-state index contributed by atoms with van der Waals surface area (Å²) >= 11 is 0. The van der Waals surface area contributed by atoms with E-state index >= 15 is 0 Å². The van der Waals surface area contributed by atoms with Gasteiger partial charge in [-0.1, -0.05) is 36.4 Å². The van der Waals surface area contributed by atoms with Crippen LogP contribution in [-0.2, 0) is 16.1 Å². The number of carbonyl (C=O) groups is 2. The molecule has 5 heteroatoms. The molecule has 1 saturated heterocycles. The number of hydrogen-bond acceptors (Lipinski definition) is 4. The van der Waals surface area contributed by atoms with E-state index in [1.54, 1.807) is 29.3 Å². The van der Waals surface area contributed by atoms with Gasteiger partial charge >= 0.3 is 5.97 Å². The fourth-order valence-electron chi connectivity index (χ4n) is 2.72. The minimum atomic E-state index is -0.520. The smallest absolute Gasteiger partial charge is 0.329 e. The normalized spacial score (nSPS) is 17.0. The number of ether oxygens (including phenoxy) is 1. The maximum Gasteiger partial charge on any atom is 0.329 e. The molecule has 0 N–H and O–H groups in total. The molecule has 0 bridgehead atoms. The van der Waals surface area contributed by atoms with Crippen molar-refractivity contribution in [3.05, 3.63) is 66.0 Å². The van der Waals surface area contributed by atoms with Crippen molar-refractivity contribution in [2.24, 2.45) is 0 Å². The summed E-state index contributed by atoms with van der Waals surface area (Å²) in [6.45, 7) is 0.780. The molecular weight excluding hydrogens is 292 g/mol. The number of rotatable bonds is 4. The third kappa shape index (κ3) is 3.56. The van der Waals surface area contributed by atoms with Gasteiger partial charge < -0.3 is 9.64 Å². The van der Waals surface area contributed by atoms with Crippen molar-refractivity contribution in [2.45, 2.75) is 25.5 Å². The molecule has 1 fully saturated rings. The molecule has 3 rings (SSSR count). The summed E-state index contributed by atoms with van der Waals surface area (Å²) in [4.78, 5) is 30.5. The van der Waals surface area contributed by atoms with Gasteiger partial charge in [0, 0.05) is 12.7 Å². The number of benzene rings is 1. The summed E-state index contributed by atoms with van der Waals surface area (Å²) in [6, 6.07) is 14.2. The molecule has 0 saturated carbocycles. The number of nitrogens with zero attached hydrogens (tertiary/aromatic N) is 2. The van der Waals surface area contributed by atoms with Crippen molar-refractivity contribution in [1.29, 1.82) is 0 Å². The van der Waals surface area contributed by atoms with Gasteiger partial charge in [-0.2, -0.15) is 0 Å². The Bertz CT molecular complexity index is 673. The lowest BCUT2D eigenvalue weighted by molar-refractivity contribution is -0.149. The Labute approximate surface area is 134 Å². The van der Waals surface area contributed by atoms with Crippen LogP contribution in [-0.4, -0.2) is 34.3 Å². The molecule has 0 radical (unpaired) electrons. The molecule has 1 amide bonds. The van der Waals surface area contributed by atoms with Crippen molar-refractivity contribution in [3.63, 3.8) is 0 Å². The van der Waals surface area contributed by atoms with Crippen LogP contribution in [0.4, 0.5) is 0 Å². The Morgan fingerprint density at radius 1 is 1.13 bits per heavy atom. The van der Waals surface area contributed by atoms with Gasteiger partial charge in [-0.3, -0.25) is 9.78 Å². The first-order chi connectivity index (χ1) is 11.3. The average molecular weight is 310 g/mol. The van der Waals surface area contributed by atoms with Gasteiger partial charge in [0.15, 0.2) is 0 Å². The van der Waals surface area contributed by atoms with Crippen LogP contribution in [0.3, 0.4) is 0 Å². The van der Waals surface area contributed by atoms with Crippen molar-refractivity contribution in [1.82, 2.24) is 9.88 Å². The van der Waals surface area contributed by atoms with E-state index < -0.39 is 6.04 Å². The molecule has 2 aromatic rings. The summed E-state index contributed by atoms with van der Waals surface area (Å²) in [6.07, 6.45) is 3.00. The number of aromatic nitrogens is 1. The third-order valence-electron chi connectivity index (χ3n) is 3.89. The topological polar surface area (TPSA) is 59.5 Å². The van der Waals surface area contributed by atoms with Crippen LogP contribution >= 0.6 is 0 Å². The molecule has 1 aromatic carbocycles. The lowest BCUT2D eigenvalue weighted by Crippen LogP contribution is -2.41. The second-order valence-electron chi connectivity index (χ2n) is 5.46. The Hall–Kier alpha value is -2.69. The Kier molecular flexibility index (Phi) is 4.66. The van der Waals surface area contributed by atoms with E-state index in [9.17, 15) is 9.59 Å². The van der Waals surface area contributed by atoms with Crippen LogP contribution in [0.5, 0.6) is 0 Å². The quantitative estimate of drug-likeness (QED) is 0.814. The largest absolute Gasteiger partial charge is 0.459 e. The van der Waals surface area contributed by atoms with E-state index in [1.807, 2.05) is 30.3 Å². The minimum Gasteiger partial charge on any atom is -0.459 e. The van der Waals surface area contributed by atoms with Crippen molar-refractivity contribution in [3.8, 4) is 0 Å². The highest BCUT2D eigenvalue weighted by Crippen LogP contribution is 2.21. The third-order valence-corrected chi connectivity index (χ3v) is 3.89. The Morgan fingerprint density at radius 3 is 2.65 bits per heavy atom. The van der Waals surface area contributed by atoms with Gasteiger partial charge in [-0.15, -0.1) is 0 Å². The summed E-state index contributed by atoms with van der Waals surface area (Å²) in [7, 11) is 0. The molecule has 0 aliphatic carbocycles. The molecule has 1 atom stereocenters. The van der Waals surface area contributed by atoms with E-state index in [1.165, 1.54) is 0 Å². The molecule has 1 aliphatic heterocycles. The lowest BCUT2D eigenvalue weighted by Gasteiger charge is -2.22. The first kappa shape index (κ1) is 15.2. The van der Waals surface area contributed by atoms with Crippen molar-refractivity contribution >= 4 is 11.9 Å². The Balaban J connectivity index is 1.64. The van der Waals surface area contributed by atoms with Crippen LogP contribution in [0.1, 0.15) is 28.9 Å². The molecule has 1 unspecified atom stereocenters. The molecule has 5 nitrogen and oxygen atoms in total. The highest BCUT2D eigenvalue weighted by molar-refractivity contribution is 5.95. The molecule has 1 aromatic heterocycles. The zero-order valence-corrected chi connectivity index (χ0v) is 12.7. The van der Waals surface area contributed by atoms with Gasteiger partial charge in [0.25, 0.3) is 5.91 Å². The maximum absolute atomic E-state index is 12.5. The fraction of sp³-hybridized carbons (Fsp3) is 0.278. The van der Waals surface area contributed by atoms with Gasteiger partial charge in [0.2, 0.25) is 0 Å². The second-order valence-corrected chi connectivity index (χ2v) is 5.46. The molecule has 2 heterocycles. The van der Waals surface area contributed by atoms with E-state index in [2.05, 4.69) is 4.98 Å². The van der Waals surface area contributed by atoms with Crippen LogP contribution in [0, 0.1) is 0 Å². The van der Waals surface area contributed by atoms with E-state index in [-0.39, 0.29) is 18.5 Å². The number of pyridine rings is 1.